The van der Waals surface area contributed by atoms with Crippen LogP contribution in [0.1, 0.15) is 45.1 Å². The number of nitrogens with zero attached hydrogens (tertiary/aromatic N) is 2. The normalized spacial score (nSPS) is 18.0. The maximum absolute atomic E-state index is 13.4. The van der Waals surface area contributed by atoms with Crippen molar-refractivity contribution in [2.45, 2.75) is 45.6 Å². The second-order valence-electron chi connectivity index (χ2n) is 6.62. The van der Waals surface area contributed by atoms with Gasteiger partial charge in [0.05, 0.1) is 0 Å². The van der Waals surface area contributed by atoms with Crippen molar-refractivity contribution in [1.29, 1.82) is 0 Å². The van der Waals surface area contributed by atoms with Gasteiger partial charge in [0.15, 0.2) is 17.6 Å². The van der Waals surface area contributed by atoms with E-state index in [2.05, 4.69) is 15.6 Å². The molecule has 2 rings (SSSR count). The molecule has 8 heteroatoms. The minimum absolute atomic E-state index is 0. The molecule has 0 radical (unpaired) electrons. The van der Waals surface area contributed by atoms with Gasteiger partial charge in [0, 0.05) is 44.6 Å². The smallest absolute Gasteiger partial charge is 0.222 e. The molecule has 1 aliphatic rings. The molecule has 0 aromatic heterocycles. The Morgan fingerprint density at radius 2 is 2.07 bits per heavy atom. The van der Waals surface area contributed by atoms with Crippen LogP contribution >= 0.6 is 24.0 Å². The summed E-state index contributed by atoms with van der Waals surface area (Å²) in [5.74, 6) is -0.870. The lowest BCUT2D eigenvalue weighted by atomic mass is 10.0. The van der Waals surface area contributed by atoms with Crippen LogP contribution in [-0.2, 0) is 4.79 Å². The summed E-state index contributed by atoms with van der Waals surface area (Å²) >= 11 is 0. The van der Waals surface area contributed by atoms with E-state index in [1.807, 2.05) is 25.7 Å². The van der Waals surface area contributed by atoms with Crippen LogP contribution in [0.5, 0.6) is 0 Å². The Hall–Kier alpha value is -1.45. The first-order chi connectivity index (χ1) is 12.4. The zero-order chi connectivity index (χ0) is 19.1. The lowest BCUT2D eigenvalue weighted by Gasteiger charge is -2.19. The summed E-state index contributed by atoms with van der Waals surface area (Å²) in [5.41, 5.74) is 0.712. The third-order valence-corrected chi connectivity index (χ3v) is 4.56. The number of guanidine groups is 1. The van der Waals surface area contributed by atoms with Gasteiger partial charge in [0.2, 0.25) is 5.91 Å². The molecule has 1 fully saturated rings. The second kappa shape index (κ2) is 11.4. The van der Waals surface area contributed by atoms with Crippen LogP contribution in [0.2, 0.25) is 0 Å². The Bertz CT molecular complexity index is 657. The first-order valence-electron chi connectivity index (χ1n) is 9.22. The fraction of sp³-hybridized carbons (Fsp3) is 0.579. The molecule has 0 saturated carbocycles. The van der Waals surface area contributed by atoms with Crippen LogP contribution in [0.4, 0.5) is 8.78 Å². The number of carbonyl (C=O) groups is 1. The summed E-state index contributed by atoms with van der Waals surface area (Å²) < 4.78 is 26.5. The minimum atomic E-state index is -0.841. The number of hydrogen-bond acceptors (Lipinski definition) is 2. The SMILES string of the molecule is CCNC(=NCC(C)c1ccc(F)c(F)c1)NC1CCN(C(=O)CC)C1.I. The van der Waals surface area contributed by atoms with Gasteiger partial charge < -0.3 is 15.5 Å². The average Bonchev–Trinajstić information content (AvgIpc) is 3.09. The van der Waals surface area contributed by atoms with Gasteiger partial charge >= 0.3 is 0 Å². The predicted octanol–water partition coefficient (Wildman–Crippen LogP) is 3.25. The van der Waals surface area contributed by atoms with E-state index in [-0.39, 0.29) is 41.8 Å². The van der Waals surface area contributed by atoms with Crippen molar-refractivity contribution in [2.75, 3.05) is 26.2 Å². The number of rotatable bonds is 6. The summed E-state index contributed by atoms with van der Waals surface area (Å²) in [5, 5.41) is 6.56. The van der Waals surface area contributed by atoms with Gasteiger partial charge in [-0.3, -0.25) is 9.79 Å². The largest absolute Gasteiger partial charge is 0.357 e. The van der Waals surface area contributed by atoms with Gasteiger partial charge in [-0.2, -0.15) is 0 Å². The van der Waals surface area contributed by atoms with Crippen LogP contribution < -0.4 is 10.6 Å². The molecule has 1 aliphatic heterocycles. The highest BCUT2D eigenvalue weighted by atomic mass is 127. The highest BCUT2D eigenvalue weighted by Crippen LogP contribution is 2.18. The summed E-state index contributed by atoms with van der Waals surface area (Å²) in [4.78, 5) is 18.2. The maximum atomic E-state index is 13.4. The molecule has 2 atom stereocenters. The molecule has 152 valence electrons. The zero-order valence-corrected chi connectivity index (χ0v) is 18.4. The molecule has 2 N–H and O–H groups in total. The number of benzene rings is 1. The molecule has 1 heterocycles. The molecular weight excluding hydrogens is 465 g/mol. The van der Waals surface area contributed by atoms with E-state index in [1.165, 1.54) is 6.07 Å². The van der Waals surface area contributed by atoms with E-state index >= 15 is 0 Å². The number of amides is 1. The molecule has 5 nitrogen and oxygen atoms in total. The van der Waals surface area contributed by atoms with Crippen LogP contribution in [-0.4, -0.2) is 49.0 Å². The number of carbonyl (C=O) groups excluding carboxylic acids is 1. The average molecular weight is 494 g/mol. The van der Waals surface area contributed by atoms with Gasteiger partial charge in [-0.05, 0) is 31.0 Å². The topological polar surface area (TPSA) is 56.7 Å². The second-order valence-corrected chi connectivity index (χ2v) is 6.62. The first kappa shape index (κ1) is 23.6. The van der Waals surface area contributed by atoms with E-state index < -0.39 is 11.6 Å². The molecular formula is C19H29F2IN4O. The Morgan fingerprint density at radius 1 is 1.33 bits per heavy atom. The van der Waals surface area contributed by atoms with E-state index in [4.69, 9.17) is 0 Å². The Labute approximate surface area is 177 Å². The molecule has 1 aromatic carbocycles. The summed E-state index contributed by atoms with van der Waals surface area (Å²) in [6, 6.07) is 4.12. The molecule has 27 heavy (non-hydrogen) atoms. The van der Waals surface area contributed by atoms with Crippen LogP contribution in [0.25, 0.3) is 0 Å². The Morgan fingerprint density at radius 3 is 2.70 bits per heavy atom. The highest BCUT2D eigenvalue weighted by Gasteiger charge is 2.25. The molecule has 1 aromatic rings. The Kier molecular flexibility index (Phi) is 9.97. The van der Waals surface area contributed by atoms with Crippen LogP contribution in [0.3, 0.4) is 0 Å². The number of hydrogen-bond donors (Lipinski definition) is 2. The first-order valence-corrected chi connectivity index (χ1v) is 9.22. The van der Waals surface area contributed by atoms with Crippen molar-refractivity contribution in [1.82, 2.24) is 15.5 Å². The maximum Gasteiger partial charge on any atom is 0.222 e. The fourth-order valence-electron chi connectivity index (χ4n) is 2.99. The predicted molar refractivity (Wildman–Crippen MR) is 115 cm³/mol. The number of nitrogens with one attached hydrogen (secondary N) is 2. The van der Waals surface area contributed by atoms with E-state index in [0.717, 1.165) is 25.6 Å². The van der Waals surface area contributed by atoms with Crippen molar-refractivity contribution < 1.29 is 13.6 Å². The third-order valence-electron chi connectivity index (χ3n) is 4.56. The fourth-order valence-corrected chi connectivity index (χ4v) is 2.99. The van der Waals surface area contributed by atoms with E-state index in [9.17, 15) is 13.6 Å². The molecule has 0 spiro atoms. The lowest BCUT2D eigenvalue weighted by Crippen LogP contribution is -2.45. The van der Waals surface area contributed by atoms with E-state index in [0.29, 0.717) is 31.0 Å². The van der Waals surface area contributed by atoms with E-state index in [1.54, 1.807) is 6.07 Å². The van der Waals surface area contributed by atoms with Gasteiger partial charge in [0.25, 0.3) is 0 Å². The quantitative estimate of drug-likeness (QED) is 0.363. The standard InChI is InChI=1S/C19H28F2N4O.HI/c1-4-18(26)25-9-8-15(12-25)24-19(22-5-2)23-11-13(3)14-6-7-16(20)17(21)10-14;/h6-7,10,13,15H,4-5,8-9,11-12H2,1-3H3,(H2,22,23,24);1H. The van der Waals surface area contributed by atoms with Gasteiger partial charge in [-0.15, -0.1) is 24.0 Å². The van der Waals surface area contributed by atoms with Crippen molar-refractivity contribution >= 4 is 35.8 Å². The van der Waals surface area contributed by atoms with Crippen molar-refractivity contribution in [2.24, 2.45) is 4.99 Å². The highest BCUT2D eigenvalue weighted by molar-refractivity contribution is 14.0. The minimum Gasteiger partial charge on any atom is -0.357 e. The molecule has 0 bridgehead atoms. The van der Waals surface area contributed by atoms with Crippen molar-refractivity contribution in [3.63, 3.8) is 0 Å². The molecule has 1 amide bonds. The number of halogens is 3. The lowest BCUT2D eigenvalue weighted by molar-refractivity contribution is -0.129. The summed E-state index contributed by atoms with van der Waals surface area (Å²) in [6.45, 7) is 8.38. The molecule has 0 aliphatic carbocycles. The third kappa shape index (κ3) is 6.90. The number of likely N-dealkylation sites (tertiary alicyclic amines) is 1. The van der Waals surface area contributed by atoms with Crippen LogP contribution in [0.15, 0.2) is 23.2 Å². The van der Waals surface area contributed by atoms with Crippen molar-refractivity contribution in [3.8, 4) is 0 Å². The van der Waals surface area contributed by atoms with Gasteiger partial charge in [-0.25, -0.2) is 8.78 Å². The Balaban J connectivity index is 0.00000364. The zero-order valence-electron chi connectivity index (χ0n) is 16.1. The number of aliphatic imine (C=N–C) groups is 1. The van der Waals surface area contributed by atoms with Gasteiger partial charge in [0.1, 0.15) is 0 Å². The molecule has 2 unspecified atom stereocenters. The summed E-state index contributed by atoms with van der Waals surface area (Å²) in [6.07, 6.45) is 1.40. The van der Waals surface area contributed by atoms with Crippen LogP contribution in [0, 0.1) is 11.6 Å². The van der Waals surface area contributed by atoms with Crippen molar-refractivity contribution in [3.05, 3.63) is 35.4 Å². The summed E-state index contributed by atoms with van der Waals surface area (Å²) in [7, 11) is 0. The molecule has 1 saturated heterocycles. The monoisotopic (exact) mass is 494 g/mol. The van der Waals surface area contributed by atoms with Gasteiger partial charge in [-0.1, -0.05) is 19.9 Å².